The predicted octanol–water partition coefficient (Wildman–Crippen LogP) is 5.24. The van der Waals surface area contributed by atoms with Gasteiger partial charge in [-0.1, -0.05) is 24.1 Å². The van der Waals surface area contributed by atoms with E-state index in [9.17, 15) is 14.4 Å². The van der Waals surface area contributed by atoms with Crippen LogP contribution in [0.5, 0.6) is 11.5 Å². The number of hydrogen-bond donors (Lipinski definition) is 0. The summed E-state index contributed by atoms with van der Waals surface area (Å²) in [6.07, 6.45) is 7.26. The van der Waals surface area contributed by atoms with Crippen molar-refractivity contribution in [2.24, 2.45) is 0 Å². The lowest BCUT2D eigenvalue weighted by atomic mass is 10.00. The SMILES string of the molecule is C#CCOc1cc(OC2CCN(C(=O)OC(C)(C)C)CC2)ccc1C(=O)N1CCC(N2C(=O)OCc3ccccc32)CC1. The Labute approximate surface area is 252 Å². The number of carbonyl (C=O) groups excluding carboxylic acids is 3. The summed E-state index contributed by atoms with van der Waals surface area (Å²) in [5.41, 5.74) is 1.72. The molecule has 0 aromatic heterocycles. The first-order chi connectivity index (χ1) is 20.6. The molecule has 0 atom stereocenters. The lowest BCUT2D eigenvalue weighted by molar-refractivity contribution is 0.0126. The molecule has 0 radical (unpaired) electrons. The molecule has 2 fully saturated rings. The first-order valence-electron chi connectivity index (χ1n) is 14.8. The second-order valence-electron chi connectivity index (χ2n) is 12.0. The minimum Gasteiger partial charge on any atom is -0.490 e. The van der Waals surface area contributed by atoms with Gasteiger partial charge in [-0.3, -0.25) is 9.69 Å². The number of nitrogens with zero attached hydrogens (tertiary/aromatic N) is 3. The molecule has 0 unspecified atom stereocenters. The molecule has 2 aromatic carbocycles. The van der Waals surface area contributed by atoms with E-state index in [0.717, 1.165) is 11.3 Å². The molecule has 10 heteroatoms. The highest BCUT2D eigenvalue weighted by Gasteiger charge is 2.36. The number of anilines is 1. The highest BCUT2D eigenvalue weighted by atomic mass is 16.6. The molecule has 2 saturated heterocycles. The Morgan fingerprint density at radius 2 is 1.70 bits per heavy atom. The van der Waals surface area contributed by atoms with Crippen molar-refractivity contribution in [3.05, 3.63) is 53.6 Å². The molecule has 0 N–H and O–H groups in total. The predicted molar refractivity (Wildman–Crippen MR) is 160 cm³/mol. The van der Waals surface area contributed by atoms with Crippen molar-refractivity contribution in [1.82, 2.24) is 9.80 Å². The highest BCUT2D eigenvalue weighted by Crippen LogP contribution is 2.33. The lowest BCUT2D eigenvalue weighted by Gasteiger charge is -2.40. The molecule has 3 amide bonds. The summed E-state index contributed by atoms with van der Waals surface area (Å²) in [4.78, 5) is 43.9. The standard InChI is InChI=1S/C33H39N3O7/c1-5-20-40-29-21-26(42-25-14-18-35(19-15-25)31(38)43-33(2,3)4)10-11-27(29)30(37)34-16-12-24(13-17-34)36-28-9-7-6-8-23(28)22-41-32(36)39/h1,6-11,21,24-25H,12-20,22H2,2-4H3. The van der Waals surface area contributed by atoms with Gasteiger partial charge in [-0.05, 0) is 51.8 Å². The van der Waals surface area contributed by atoms with Crippen LogP contribution in [0.15, 0.2) is 42.5 Å². The topological polar surface area (TPSA) is 97.8 Å². The summed E-state index contributed by atoms with van der Waals surface area (Å²) in [6.45, 7) is 7.87. The molecule has 3 aliphatic rings. The van der Waals surface area contributed by atoms with Gasteiger partial charge in [0.1, 0.15) is 36.4 Å². The van der Waals surface area contributed by atoms with Gasteiger partial charge in [0.2, 0.25) is 0 Å². The van der Waals surface area contributed by atoms with E-state index in [1.807, 2.05) is 45.0 Å². The van der Waals surface area contributed by atoms with Crippen LogP contribution in [-0.4, -0.2) is 78.4 Å². The number of carbonyl (C=O) groups is 3. The van der Waals surface area contributed by atoms with E-state index in [2.05, 4.69) is 5.92 Å². The molecule has 0 saturated carbocycles. The van der Waals surface area contributed by atoms with Gasteiger partial charge < -0.3 is 28.7 Å². The van der Waals surface area contributed by atoms with Gasteiger partial charge in [0, 0.05) is 56.7 Å². The van der Waals surface area contributed by atoms with Crippen molar-refractivity contribution in [2.45, 2.75) is 70.8 Å². The molecule has 5 rings (SSSR count). The van der Waals surface area contributed by atoms with Crippen LogP contribution < -0.4 is 14.4 Å². The van der Waals surface area contributed by atoms with Crippen LogP contribution in [0.25, 0.3) is 0 Å². The molecular formula is C33H39N3O7. The van der Waals surface area contributed by atoms with Crippen LogP contribution in [-0.2, 0) is 16.1 Å². The van der Waals surface area contributed by atoms with Crippen molar-refractivity contribution in [1.29, 1.82) is 0 Å². The maximum Gasteiger partial charge on any atom is 0.414 e. The zero-order valence-corrected chi connectivity index (χ0v) is 25.0. The monoisotopic (exact) mass is 589 g/mol. The van der Waals surface area contributed by atoms with Gasteiger partial charge >= 0.3 is 12.2 Å². The Kier molecular flexibility index (Phi) is 9.00. The number of cyclic esters (lactones) is 1. The fourth-order valence-corrected chi connectivity index (χ4v) is 5.69. The van der Waals surface area contributed by atoms with Gasteiger partial charge in [-0.2, -0.15) is 0 Å². The average Bonchev–Trinajstić information content (AvgIpc) is 2.99. The smallest absolute Gasteiger partial charge is 0.414 e. The summed E-state index contributed by atoms with van der Waals surface area (Å²) in [5.74, 6) is 3.23. The Bertz CT molecular complexity index is 1380. The second kappa shape index (κ2) is 12.9. The average molecular weight is 590 g/mol. The molecule has 2 aromatic rings. The van der Waals surface area contributed by atoms with E-state index in [1.165, 1.54) is 0 Å². The second-order valence-corrected chi connectivity index (χ2v) is 12.0. The van der Waals surface area contributed by atoms with Crippen molar-refractivity contribution in [3.8, 4) is 23.8 Å². The maximum absolute atomic E-state index is 13.6. The van der Waals surface area contributed by atoms with Gasteiger partial charge in [0.05, 0.1) is 11.3 Å². The molecule has 3 aliphatic heterocycles. The summed E-state index contributed by atoms with van der Waals surface area (Å²) < 4.78 is 22.9. The quantitative estimate of drug-likeness (QED) is 0.425. The van der Waals surface area contributed by atoms with E-state index in [-0.39, 0.29) is 43.5 Å². The lowest BCUT2D eigenvalue weighted by Crippen LogP contribution is -2.50. The third-order valence-electron chi connectivity index (χ3n) is 7.81. The third kappa shape index (κ3) is 7.16. The van der Waals surface area contributed by atoms with Crippen LogP contribution in [0.3, 0.4) is 0 Å². The van der Waals surface area contributed by atoms with Gasteiger partial charge in [0.25, 0.3) is 5.91 Å². The zero-order valence-electron chi connectivity index (χ0n) is 25.0. The van der Waals surface area contributed by atoms with Gasteiger partial charge in [0.15, 0.2) is 0 Å². The Balaban J connectivity index is 1.21. The zero-order chi connectivity index (χ0) is 30.6. The van der Waals surface area contributed by atoms with Crippen LogP contribution in [0.1, 0.15) is 62.4 Å². The molecule has 0 aliphatic carbocycles. The first kappa shape index (κ1) is 30.1. The van der Waals surface area contributed by atoms with E-state index < -0.39 is 5.60 Å². The Morgan fingerprint density at radius 1 is 1.00 bits per heavy atom. The minimum absolute atomic E-state index is 0.0105. The van der Waals surface area contributed by atoms with E-state index in [0.29, 0.717) is 68.9 Å². The molecular weight excluding hydrogens is 550 g/mol. The molecule has 3 heterocycles. The van der Waals surface area contributed by atoms with E-state index in [4.69, 9.17) is 25.4 Å². The molecule has 43 heavy (non-hydrogen) atoms. The number of fused-ring (bicyclic) bond motifs is 1. The summed E-state index contributed by atoms with van der Waals surface area (Å²) in [7, 11) is 0. The van der Waals surface area contributed by atoms with E-state index >= 15 is 0 Å². The molecule has 228 valence electrons. The maximum atomic E-state index is 13.6. The van der Waals surface area contributed by atoms with E-state index in [1.54, 1.807) is 32.9 Å². The molecule has 0 spiro atoms. The number of likely N-dealkylation sites (tertiary alicyclic amines) is 2. The minimum atomic E-state index is -0.540. The van der Waals surface area contributed by atoms with Crippen molar-refractivity contribution in [3.63, 3.8) is 0 Å². The molecule has 10 nitrogen and oxygen atoms in total. The summed E-state index contributed by atoms with van der Waals surface area (Å²) in [6, 6.07) is 12.9. The number of ether oxygens (including phenoxy) is 4. The van der Waals surface area contributed by atoms with Crippen molar-refractivity contribution >= 4 is 23.8 Å². The Morgan fingerprint density at radius 3 is 2.40 bits per heavy atom. The number of rotatable bonds is 6. The molecule has 0 bridgehead atoms. The van der Waals surface area contributed by atoms with Gasteiger partial charge in [-0.15, -0.1) is 6.42 Å². The Hall–Kier alpha value is -4.39. The summed E-state index contributed by atoms with van der Waals surface area (Å²) >= 11 is 0. The first-order valence-corrected chi connectivity index (χ1v) is 14.8. The van der Waals surface area contributed by atoms with Crippen LogP contribution in [0.4, 0.5) is 15.3 Å². The van der Waals surface area contributed by atoms with Crippen molar-refractivity contribution < 1.29 is 33.3 Å². The number of hydrogen-bond acceptors (Lipinski definition) is 7. The number of benzene rings is 2. The normalized spacial score (nSPS) is 17.9. The fraction of sp³-hybridized carbons (Fsp3) is 0.485. The number of terminal acetylenes is 1. The largest absolute Gasteiger partial charge is 0.490 e. The van der Waals surface area contributed by atoms with Gasteiger partial charge in [-0.25, -0.2) is 9.59 Å². The van der Waals surface area contributed by atoms with Crippen molar-refractivity contribution in [2.75, 3.05) is 37.7 Å². The van der Waals surface area contributed by atoms with Crippen LogP contribution >= 0.6 is 0 Å². The number of piperidine rings is 2. The summed E-state index contributed by atoms with van der Waals surface area (Å²) in [5, 5.41) is 0. The van der Waals surface area contributed by atoms with Crippen LogP contribution in [0.2, 0.25) is 0 Å². The van der Waals surface area contributed by atoms with Crippen LogP contribution in [0, 0.1) is 12.3 Å². The number of amides is 3. The fourth-order valence-electron chi connectivity index (χ4n) is 5.69. The third-order valence-corrected chi connectivity index (χ3v) is 7.81. The highest BCUT2D eigenvalue weighted by molar-refractivity contribution is 5.97. The number of para-hydroxylation sites is 1.